The number of hydrogen-bond donors (Lipinski definition) is 1. The van der Waals surface area contributed by atoms with E-state index in [1.165, 1.54) is 0 Å². The summed E-state index contributed by atoms with van der Waals surface area (Å²) in [7, 11) is 0. The van der Waals surface area contributed by atoms with Crippen molar-refractivity contribution in [1.82, 2.24) is 0 Å². The molecule has 3 heterocycles. The predicted octanol–water partition coefficient (Wildman–Crippen LogP) is 0.859. The highest BCUT2D eigenvalue weighted by Crippen LogP contribution is 2.49. The fourth-order valence-electron chi connectivity index (χ4n) is 2.92. The second kappa shape index (κ2) is 3.53. The Kier molecular flexibility index (Phi) is 2.08. The van der Waals surface area contributed by atoms with Gasteiger partial charge in [0.25, 0.3) is 0 Å². The summed E-state index contributed by atoms with van der Waals surface area (Å²) >= 11 is 0. The van der Waals surface area contributed by atoms with Gasteiger partial charge in [-0.25, -0.2) is 0 Å². The third kappa shape index (κ3) is 1.45. The van der Waals surface area contributed by atoms with Crippen LogP contribution in [0.4, 0.5) is 0 Å². The fourth-order valence-corrected chi connectivity index (χ4v) is 2.92. The predicted molar refractivity (Wildman–Crippen MR) is 58.2 cm³/mol. The molecule has 2 unspecified atom stereocenters. The second-order valence-corrected chi connectivity index (χ2v) is 4.87. The van der Waals surface area contributed by atoms with Crippen LogP contribution < -0.4 is 0 Å². The molecule has 0 spiro atoms. The Bertz CT molecular complexity index is 421. The summed E-state index contributed by atoms with van der Waals surface area (Å²) in [5.74, 6) is -0.110. The molecule has 0 radical (unpaired) electrons. The van der Waals surface area contributed by atoms with Gasteiger partial charge in [0.05, 0.1) is 24.7 Å². The van der Waals surface area contributed by atoms with E-state index in [0.29, 0.717) is 6.61 Å². The maximum absolute atomic E-state index is 10.4. The normalized spacial score (nSPS) is 44.2. The molecule has 6 atom stereocenters. The topological polar surface area (TPSA) is 51.2 Å². The highest BCUT2D eigenvalue weighted by atomic mass is 16.8. The molecule has 0 aliphatic carbocycles. The summed E-state index contributed by atoms with van der Waals surface area (Å²) in [6.45, 7) is 0.587. The van der Waals surface area contributed by atoms with Crippen molar-refractivity contribution < 1.29 is 19.3 Å². The van der Waals surface area contributed by atoms with Gasteiger partial charge in [0.1, 0.15) is 12.2 Å². The van der Waals surface area contributed by atoms with Crippen molar-refractivity contribution in [2.24, 2.45) is 5.92 Å². The van der Waals surface area contributed by atoms with Crippen molar-refractivity contribution in [3.63, 3.8) is 0 Å². The van der Waals surface area contributed by atoms with E-state index in [9.17, 15) is 5.11 Å². The average Bonchev–Trinajstić information content (AvgIpc) is 3.05. The molecule has 1 N–H and O–H groups in total. The number of epoxide rings is 1. The minimum atomic E-state index is -0.588. The number of aliphatic hydroxyl groups is 1. The van der Waals surface area contributed by atoms with Crippen LogP contribution in [-0.4, -0.2) is 36.3 Å². The Labute approximate surface area is 99.1 Å². The monoisotopic (exact) mass is 234 g/mol. The molecule has 3 aliphatic heterocycles. The van der Waals surface area contributed by atoms with E-state index in [1.807, 2.05) is 30.3 Å². The average molecular weight is 234 g/mol. The number of aliphatic hydroxyl groups excluding tert-OH is 1. The van der Waals surface area contributed by atoms with Gasteiger partial charge in [0.2, 0.25) is 0 Å². The number of rotatable bonds is 2. The molecule has 0 amide bonds. The van der Waals surface area contributed by atoms with Crippen molar-refractivity contribution >= 4 is 0 Å². The lowest BCUT2D eigenvalue weighted by molar-refractivity contribution is -0.141. The molecule has 1 aromatic carbocycles. The summed E-state index contributed by atoms with van der Waals surface area (Å²) in [5.41, 5.74) is 0.893. The Morgan fingerprint density at radius 2 is 1.94 bits per heavy atom. The maximum Gasteiger partial charge on any atom is 0.166 e. The molecule has 2 bridgehead atoms. The van der Waals surface area contributed by atoms with Gasteiger partial charge >= 0.3 is 0 Å². The molecule has 4 nitrogen and oxygen atoms in total. The van der Waals surface area contributed by atoms with E-state index >= 15 is 0 Å². The lowest BCUT2D eigenvalue weighted by Gasteiger charge is -2.28. The van der Waals surface area contributed by atoms with Crippen molar-refractivity contribution in [3.8, 4) is 0 Å². The molecule has 90 valence electrons. The second-order valence-electron chi connectivity index (χ2n) is 4.87. The van der Waals surface area contributed by atoms with Crippen LogP contribution in [0.15, 0.2) is 30.3 Å². The quantitative estimate of drug-likeness (QED) is 0.771. The standard InChI is InChI=1S/C13H14O4/c14-10(7-4-2-1-3-5-7)9-12-11(17-12)8-6-15-13(9)16-8/h1-5,8-14H,6H2/t8-,9+,10+,11?,12?,13-/m1/s1. The SMILES string of the molecule is O[C@@H](c1ccccc1)[C@H]1C2OC2[C@H]2CO[C@@H]1O2. The molecule has 17 heavy (non-hydrogen) atoms. The Hall–Kier alpha value is -0.940. The van der Waals surface area contributed by atoms with Gasteiger partial charge in [-0.2, -0.15) is 0 Å². The van der Waals surface area contributed by atoms with Crippen LogP contribution in [0.2, 0.25) is 0 Å². The minimum Gasteiger partial charge on any atom is -0.388 e. The Balaban J connectivity index is 1.62. The van der Waals surface area contributed by atoms with Gasteiger partial charge in [-0.3, -0.25) is 0 Å². The summed E-state index contributed by atoms with van der Waals surface area (Å²) in [6, 6.07) is 9.62. The van der Waals surface area contributed by atoms with Gasteiger partial charge in [-0.1, -0.05) is 30.3 Å². The van der Waals surface area contributed by atoms with E-state index in [0.717, 1.165) is 5.56 Å². The molecule has 3 saturated heterocycles. The van der Waals surface area contributed by atoms with E-state index < -0.39 is 6.10 Å². The minimum absolute atomic E-state index is 0.0734. The number of hydrogen-bond acceptors (Lipinski definition) is 4. The molecule has 4 rings (SSSR count). The van der Waals surface area contributed by atoms with Gasteiger partial charge in [-0.05, 0) is 5.56 Å². The zero-order valence-electron chi connectivity index (χ0n) is 9.23. The van der Waals surface area contributed by atoms with Crippen LogP contribution in [0.1, 0.15) is 11.7 Å². The maximum atomic E-state index is 10.4. The molecular formula is C13H14O4. The van der Waals surface area contributed by atoms with E-state index in [1.54, 1.807) is 0 Å². The van der Waals surface area contributed by atoms with Crippen molar-refractivity contribution in [2.75, 3.05) is 6.61 Å². The zero-order chi connectivity index (χ0) is 11.4. The van der Waals surface area contributed by atoms with E-state index in [4.69, 9.17) is 14.2 Å². The van der Waals surface area contributed by atoms with Gasteiger partial charge in [-0.15, -0.1) is 0 Å². The van der Waals surface area contributed by atoms with Crippen molar-refractivity contribution in [2.45, 2.75) is 30.7 Å². The Morgan fingerprint density at radius 1 is 1.12 bits per heavy atom. The molecule has 3 fully saturated rings. The van der Waals surface area contributed by atoms with Crippen LogP contribution in [0.3, 0.4) is 0 Å². The van der Waals surface area contributed by atoms with E-state index in [-0.39, 0.29) is 30.5 Å². The first-order valence-corrected chi connectivity index (χ1v) is 6.00. The van der Waals surface area contributed by atoms with Gasteiger partial charge < -0.3 is 19.3 Å². The first-order valence-electron chi connectivity index (χ1n) is 6.00. The molecule has 0 saturated carbocycles. The van der Waals surface area contributed by atoms with Crippen LogP contribution >= 0.6 is 0 Å². The van der Waals surface area contributed by atoms with Crippen LogP contribution in [0.25, 0.3) is 0 Å². The van der Waals surface area contributed by atoms with Gasteiger partial charge in [0, 0.05) is 0 Å². The number of ether oxygens (including phenoxy) is 3. The highest BCUT2D eigenvalue weighted by molar-refractivity contribution is 5.20. The molecular weight excluding hydrogens is 220 g/mol. The summed E-state index contributed by atoms with van der Waals surface area (Å²) in [5, 5.41) is 10.4. The number of fused-ring (bicyclic) bond motifs is 4. The van der Waals surface area contributed by atoms with Gasteiger partial charge in [0.15, 0.2) is 6.29 Å². The molecule has 3 aliphatic rings. The van der Waals surface area contributed by atoms with Crippen molar-refractivity contribution in [3.05, 3.63) is 35.9 Å². The summed E-state index contributed by atoms with van der Waals surface area (Å²) in [4.78, 5) is 0. The largest absolute Gasteiger partial charge is 0.388 e. The third-order valence-electron chi connectivity index (χ3n) is 3.86. The van der Waals surface area contributed by atoms with Crippen molar-refractivity contribution in [1.29, 1.82) is 0 Å². The van der Waals surface area contributed by atoms with Crippen LogP contribution in [0, 0.1) is 5.92 Å². The van der Waals surface area contributed by atoms with Crippen LogP contribution in [-0.2, 0) is 14.2 Å². The highest BCUT2D eigenvalue weighted by Gasteiger charge is 2.62. The summed E-state index contributed by atoms with van der Waals surface area (Å²) < 4.78 is 16.9. The first kappa shape index (κ1) is 10.0. The first-order chi connectivity index (χ1) is 8.34. The zero-order valence-corrected chi connectivity index (χ0v) is 9.23. The third-order valence-corrected chi connectivity index (χ3v) is 3.86. The van der Waals surface area contributed by atoms with E-state index in [2.05, 4.69) is 0 Å². The number of benzene rings is 1. The van der Waals surface area contributed by atoms with Crippen LogP contribution in [0.5, 0.6) is 0 Å². The lowest BCUT2D eigenvalue weighted by atomic mass is 9.89. The lowest BCUT2D eigenvalue weighted by Crippen LogP contribution is -2.38. The fraction of sp³-hybridized carbons (Fsp3) is 0.538. The molecule has 0 aromatic heterocycles. The molecule has 4 heteroatoms. The summed E-state index contributed by atoms with van der Waals surface area (Å²) in [6.07, 6.45) is -0.619. The smallest absolute Gasteiger partial charge is 0.166 e. The molecule has 1 aromatic rings. The Morgan fingerprint density at radius 3 is 2.76 bits per heavy atom.